The number of benzene rings is 2. The average Bonchev–Trinajstić information content (AvgIpc) is 3.23. The highest BCUT2D eigenvalue weighted by Gasteiger charge is 2.40. The standard InChI is InChI=1S/C21H21NO3/c23-20(24)12-19(17-8-7-14-3-1-2-4-15(14)11-17)22-21(25)18-10-13-5-6-16(18)9-13/h1-8,11,13,16,18-19H,9-10,12H2,(H,22,25)(H,23,24)/t13?,16?,18?,19-/m0/s1. The Kier molecular flexibility index (Phi) is 4.04. The predicted molar refractivity (Wildman–Crippen MR) is 95.9 cm³/mol. The van der Waals surface area contributed by atoms with Crippen LogP contribution in [0.4, 0.5) is 0 Å². The van der Waals surface area contributed by atoms with Gasteiger partial charge in [-0.25, -0.2) is 0 Å². The summed E-state index contributed by atoms with van der Waals surface area (Å²) in [6.07, 6.45) is 6.16. The van der Waals surface area contributed by atoms with Crippen LogP contribution in [-0.4, -0.2) is 17.0 Å². The van der Waals surface area contributed by atoms with E-state index in [1.165, 1.54) is 0 Å². The van der Waals surface area contributed by atoms with E-state index in [9.17, 15) is 14.7 Å². The summed E-state index contributed by atoms with van der Waals surface area (Å²) in [4.78, 5) is 24.0. The number of nitrogens with one attached hydrogen (secondary N) is 1. The molecule has 25 heavy (non-hydrogen) atoms. The maximum Gasteiger partial charge on any atom is 0.305 e. The smallest absolute Gasteiger partial charge is 0.305 e. The molecule has 4 rings (SSSR count). The first-order valence-corrected chi connectivity index (χ1v) is 8.79. The van der Waals surface area contributed by atoms with Crippen LogP contribution in [0.2, 0.25) is 0 Å². The molecule has 1 saturated carbocycles. The van der Waals surface area contributed by atoms with E-state index in [1.54, 1.807) is 0 Å². The zero-order chi connectivity index (χ0) is 17.4. The van der Waals surface area contributed by atoms with Crippen molar-refractivity contribution < 1.29 is 14.7 Å². The minimum Gasteiger partial charge on any atom is -0.481 e. The van der Waals surface area contributed by atoms with Gasteiger partial charge in [-0.15, -0.1) is 0 Å². The molecule has 0 radical (unpaired) electrons. The Balaban J connectivity index is 1.57. The van der Waals surface area contributed by atoms with Crippen LogP contribution in [0.3, 0.4) is 0 Å². The van der Waals surface area contributed by atoms with Crippen molar-refractivity contribution in [3.05, 3.63) is 60.2 Å². The number of aliphatic carboxylic acids is 1. The molecule has 0 spiro atoms. The third-order valence-corrected chi connectivity index (χ3v) is 5.49. The number of allylic oxidation sites excluding steroid dienone is 2. The lowest BCUT2D eigenvalue weighted by Gasteiger charge is -2.23. The number of carboxylic acids is 1. The van der Waals surface area contributed by atoms with Crippen molar-refractivity contribution in [2.75, 3.05) is 0 Å². The summed E-state index contributed by atoms with van der Waals surface area (Å²) in [5, 5.41) is 14.4. The summed E-state index contributed by atoms with van der Waals surface area (Å²) < 4.78 is 0. The van der Waals surface area contributed by atoms with E-state index in [0.717, 1.165) is 29.2 Å². The van der Waals surface area contributed by atoms with Gasteiger partial charge in [0.25, 0.3) is 0 Å². The number of hydrogen-bond donors (Lipinski definition) is 2. The molecule has 3 unspecified atom stereocenters. The lowest BCUT2D eigenvalue weighted by Crippen LogP contribution is -2.36. The predicted octanol–water partition coefficient (Wildman–Crippen LogP) is 3.68. The summed E-state index contributed by atoms with van der Waals surface area (Å²) in [7, 11) is 0. The number of rotatable bonds is 5. The molecule has 0 aromatic heterocycles. The van der Waals surface area contributed by atoms with Crippen LogP contribution in [0.15, 0.2) is 54.6 Å². The molecule has 2 N–H and O–H groups in total. The van der Waals surface area contributed by atoms with Crippen LogP contribution in [0.5, 0.6) is 0 Å². The van der Waals surface area contributed by atoms with Gasteiger partial charge in [-0.1, -0.05) is 48.6 Å². The van der Waals surface area contributed by atoms with Crippen LogP contribution < -0.4 is 5.32 Å². The Hall–Kier alpha value is -2.62. The van der Waals surface area contributed by atoms with Crippen molar-refractivity contribution in [1.82, 2.24) is 5.32 Å². The number of fused-ring (bicyclic) bond motifs is 3. The summed E-state index contributed by atoms with van der Waals surface area (Å²) in [5.74, 6) is -0.124. The number of amides is 1. The van der Waals surface area contributed by atoms with E-state index < -0.39 is 12.0 Å². The first-order valence-electron chi connectivity index (χ1n) is 8.79. The Morgan fingerprint density at radius 2 is 1.88 bits per heavy atom. The fourth-order valence-electron chi connectivity index (χ4n) is 4.21. The highest BCUT2D eigenvalue weighted by molar-refractivity contribution is 5.84. The van der Waals surface area contributed by atoms with Crippen LogP contribution in [0.25, 0.3) is 10.8 Å². The normalized spacial score (nSPS) is 25.2. The summed E-state index contributed by atoms with van der Waals surface area (Å²) >= 11 is 0. The maximum atomic E-state index is 12.7. The molecule has 4 atom stereocenters. The van der Waals surface area contributed by atoms with Gasteiger partial charge in [-0.05, 0) is 47.1 Å². The molecule has 128 valence electrons. The molecule has 2 aromatic carbocycles. The first kappa shape index (κ1) is 15.9. The lowest BCUT2D eigenvalue weighted by molar-refractivity contribution is -0.138. The van der Waals surface area contributed by atoms with E-state index in [2.05, 4.69) is 17.5 Å². The zero-order valence-corrected chi connectivity index (χ0v) is 13.9. The highest BCUT2D eigenvalue weighted by Crippen LogP contribution is 2.43. The molecule has 4 heteroatoms. The fourth-order valence-corrected chi connectivity index (χ4v) is 4.21. The van der Waals surface area contributed by atoms with Crippen molar-refractivity contribution >= 4 is 22.6 Å². The monoisotopic (exact) mass is 335 g/mol. The molecule has 2 aliphatic rings. The van der Waals surface area contributed by atoms with Gasteiger partial charge in [-0.3, -0.25) is 9.59 Å². The SMILES string of the molecule is O=C(O)C[C@H](NC(=O)C1CC2C=CC1C2)c1ccc2ccccc2c1. The second-order valence-corrected chi connectivity index (χ2v) is 7.15. The topological polar surface area (TPSA) is 66.4 Å². The van der Waals surface area contributed by atoms with Crippen molar-refractivity contribution in [1.29, 1.82) is 0 Å². The molecule has 2 aromatic rings. The van der Waals surface area contributed by atoms with E-state index in [4.69, 9.17) is 0 Å². The molecule has 2 aliphatic carbocycles. The minimum absolute atomic E-state index is 0.0174. The Morgan fingerprint density at radius 3 is 2.56 bits per heavy atom. The number of hydrogen-bond acceptors (Lipinski definition) is 2. The van der Waals surface area contributed by atoms with E-state index >= 15 is 0 Å². The van der Waals surface area contributed by atoms with Gasteiger partial charge in [0, 0.05) is 5.92 Å². The minimum atomic E-state index is -0.911. The largest absolute Gasteiger partial charge is 0.481 e. The first-order chi connectivity index (χ1) is 12.1. The summed E-state index contributed by atoms with van der Waals surface area (Å²) in [6.45, 7) is 0. The quantitative estimate of drug-likeness (QED) is 0.819. The third kappa shape index (κ3) is 3.16. The van der Waals surface area contributed by atoms with Crippen molar-refractivity contribution in [3.8, 4) is 0 Å². The van der Waals surface area contributed by atoms with Crippen molar-refractivity contribution in [2.45, 2.75) is 25.3 Å². The molecule has 4 nitrogen and oxygen atoms in total. The van der Waals surface area contributed by atoms with Crippen LogP contribution in [0, 0.1) is 17.8 Å². The van der Waals surface area contributed by atoms with Crippen LogP contribution >= 0.6 is 0 Å². The van der Waals surface area contributed by atoms with Crippen LogP contribution in [0.1, 0.15) is 30.9 Å². The van der Waals surface area contributed by atoms with E-state index in [0.29, 0.717) is 11.8 Å². The van der Waals surface area contributed by atoms with E-state index in [1.807, 2.05) is 42.5 Å². The molecule has 0 saturated heterocycles. The van der Waals surface area contributed by atoms with Gasteiger partial charge in [0.15, 0.2) is 0 Å². The van der Waals surface area contributed by atoms with Gasteiger partial charge in [-0.2, -0.15) is 0 Å². The van der Waals surface area contributed by atoms with Gasteiger partial charge < -0.3 is 10.4 Å². The molecule has 0 heterocycles. The van der Waals surface area contributed by atoms with Gasteiger partial charge in [0.2, 0.25) is 5.91 Å². The maximum absolute atomic E-state index is 12.7. The Bertz CT molecular complexity index is 857. The molecule has 1 fully saturated rings. The second-order valence-electron chi connectivity index (χ2n) is 7.15. The van der Waals surface area contributed by atoms with Gasteiger partial charge in [0.05, 0.1) is 12.5 Å². The van der Waals surface area contributed by atoms with Gasteiger partial charge >= 0.3 is 5.97 Å². The van der Waals surface area contributed by atoms with Crippen molar-refractivity contribution in [2.24, 2.45) is 17.8 Å². The zero-order valence-electron chi connectivity index (χ0n) is 13.9. The fraction of sp³-hybridized carbons (Fsp3) is 0.333. The summed E-state index contributed by atoms with van der Waals surface area (Å²) in [5.41, 5.74) is 0.841. The number of carbonyl (C=O) groups excluding carboxylic acids is 1. The third-order valence-electron chi connectivity index (χ3n) is 5.49. The van der Waals surface area contributed by atoms with Crippen molar-refractivity contribution in [3.63, 3.8) is 0 Å². The average molecular weight is 335 g/mol. The Morgan fingerprint density at radius 1 is 1.08 bits per heavy atom. The van der Waals surface area contributed by atoms with Crippen LogP contribution in [-0.2, 0) is 9.59 Å². The highest BCUT2D eigenvalue weighted by atomic mass is 16.4. The molecular weight excluding hydrogens is 314 g/mol. The second kappa shape index (κ2) is 6.36. The molecule has 2 bridgehead atoms. The molecule has 1 amide bonds. The van der Waals surface area contributed by atoms with Gasteiger partial charge in [0.1, 0.15) is 0 Å². The number of carbonyl (C=O) groups is 2. The molecule has 0 aliphatic heterocycles. The Labute approximate surface area is 146 Å². The molecular formula is C21H21NO3. The number of carboxylic acid groups (broad SMARTS) is 1. The summed E-state index contributed by atoms with van der Waals surface area (Å²) in [6, 6.07) is 13.3. The lowest BCUT2D eigenvalue weighted by atomic mass is 9.91. The van der Waals surface area contributed by atoms with E-state index in [-0.39, 0.29) is 18.2 Å².